The van der Waals surface area contributed by atoms with Gasteiger partial charge in [0, 0.05) is 44.4 Å². The van der Waals surface area contributed by atoms with Crippen molar-refractivity contribution in [3.63, 3.8) is 0 Å². The molecule has 0 saturated carbocycles. The Kier molecular flexibility index (Phi) is 4.64. The fourth-order valence-corrected chi connectivity index (χ4v) is 5.65. The lowest BCUT2D eigenvalue weighted by molar-refractivity contribution is -0.130. The highest BCUT2D eigenvalue weighted by molar-refractivity contribution is 7.89. The molecule has 3 aliphatic heterocycles. The summed E-state index contributed by atoms with van der Waals surface area (Å²) in [5.41, 5.74) is 0.931. The molecule has 0 bridgehead atoms. The molecule has 3 heterocycles. The van der Waals surface area contributed by atoms with Crippen LogP contribution in [-0.4, -0.2) is 62.5 Å². The largest absolute Gasteiger partial charge is 0.493 e. The molecule has 2 fully saturated rings. The van der Waals surface area contributed by atoms with Gasteiger partial charge in [0.15, 0.2) is 0 Å². The van der Waals surface area contributed by atoms with E-state index in [0.717, 1.165) is 17.7 Å². The average molecular weight is 382 g/mol. The predicted octanol–water partition coefficient (Wildman–Crippen LogP) is 1.59. The highest BCUT2D eigenvalue weighted by atomic mass is 32.2. The van der Waals surface area contributed by atoms with Crippen LogP contribution in [0.15, 0.2) is 23.1 Å². The van der Waals surface area contributed by atoms with Crippen LogP contribution in [0.1, 0.15) is 24.8 Å². The molecule has 6 nitrogen and oxygen atoms in total. The zero-order valence-electron chi connectivity index (χ0n) is 14.6. The molecular formula is C18H23FN2O4S. The van der Waals surface area contributed by atoms with Gasteiger partial charge in [-0.25, -0.2) is 8.42 Å². The zero-order valence-corrected chi connectivity index (χ0v) is 15.4. The van der Waals surface area contributed by atoms with Gasteiger partial charge in [-0.3, -0.25) is 9.18 Å². The van der Waals surface area contributed by atoms with Crippen LogP contribution >= 0.6 is 0 Å². The summed E-state index contributed by atoms with van der Waals surface area (Å²) in [6.07, 6.45) is 2.19. The topological polar surface area (TPSA) is 66.9 Å². The van der Waals surface area contributed by atoms with E-state index < -0.39 is 16.7 Å². The summed E-state index contributed by atoms with van der Waals surface area (Å²) in [6.45, 7) is 1.33. The van der Waals surface area contributed by atoms with Gasteiger partial charge in [-0.05, 0) is 36.6 Å². The number of piperidine rings is 1. The molecule has 26 heavy (non-hydrogen) atoms. The van der Waals surface area contributed by atoms with Crippen LogP contribution in [0.2, 0.25) is 0 Å². The van der Waals surface area contributed by atoms with Crippen LogP contribution in [0.25, 0.3) is 0 Å². The number of likely N-dealkylation sites (tertiary alicyclic amines) is 1. The Hall–Kier alpha value is -1.67. The number of benzene rings is 1. The second-order valence-electron chi connectivity index (χ2n) is 7.27. The van der Waals surface area contributed by atoms with Crippen LogP contribution in [0.4, 0.5) is 4.39 Å². The van der Waals surface area contributed by atoms with Gasteiger partial charge in [-0.2, -0.15) is 4.31 Å². The predicted molar refractivity (Wildman–Crippen MR) is 93.2 cm³/mol. The zero-order chi connectivity index (χ0) is 18.3. The number of ether oxygens (including phenoxy) is 1. The highest BCUT2D eigenvalue weighted by Gasteiger charge is 2.38. The van der Waals surface area contributed by atoms with Crippen LogP contribution in [0.3, 0.4) is 0 Å². The van der Waals surface area contributed by atoms with E-state index in [-0.39, 0.29) is 24.3 Å². The Labute approximate surface area is 153 Å². The van der Waals surface area contributed by atoms with Gasteiger partial charge >= 0.3 is 0 Å². The normalized spacial score (nSPS) is 24.7. The number of rotatable bonds is 4. The molecule has 0 aliphatic carbocycles. The van der Waals surface area contributed by atoms with Gasteiger partial charge in [-0.1, -0.05) is 0 Å². The van der Waals surface area contributed by atoms with Gasteiger partial charge in [0.05, 0.1) is 18.2 Å². The third-order valence-corrected chi connectivity index (χ3v) is 7.51. The summed E-state index contributed by atoms with van der Waals surface area (Å²) in [7, 11) is -3.55. The summed E-state index contributed by atoms with van der Waals surface area (Å²) in [5, 5.41) is 0. The lowest BCUT2D eigenvalue weighted by atomic mass is 10.1. The standard InChI is InChI=1S/C18H23FN2O4S/c19-11-13-9-18(22)21(12-13)15-3-6-20(7-4-15)26(23,24)16-1-2-17-14(10-16)5-8-25-17/h1-2,10,13,15H,3-9,11-12H2. The van der Waals surface area contributed by atoms with E-state index in [4.69, 9.17) is 4.74 Å². The number of hydrogen-bond donors (Lipinski definition) is 0. The Morgan fingerprint density at radius 2 is 2.00 bits per heavy atom. The second kappa shape index (κ2) is 6.81. The molecule has 3 aliphatic rings. The first-order chi connectivity index (χ1) is 12.5. The summed E-state index contributed by atoms with van der Waals surface area (Å²) in [5.74, 6) is 0.545. The van der Waals surface area contributed by atoms with E-state index in [9.17, 15) is 17.6 Å². The molecule has 8 heteroatoms. The molecule has 1 aromatic rings. The lowest BCUT2D eigenvalue weighted by Gasteiger charge is -2.36. The van der Waals surface area contributed by atoms with E-state index in [1.165, 1.54) is 4.31 Å². The first-order valence-corrected chi connectivity index (χ1v) is 10.5. The van der Waals surface area contributed by atoms with Crippen LogP contribution < -0.4 is 4.74 Å². The van der Waals surface area contributed by atoms with Crippen molar-refractivity contribution in [1.82, 2.24) is 9.21 Å². The number of sulfonamides is 1. The van der Waals surface area contributed by atoms with Crippen molar-refractivity contribution < 1.29 is 22.3 Å². The summed E-state index contributed by atoms with van der Waals surface area (Å²) < 4.78 is 45.6. The van der Waals surface area contributed by atoms with Crippen LogP contribution in [-0.2, 0) is 21.2 Å². The van der Waals surface area contributed by atoms with Gasteiger partial charge < -0.3 is 9.64 Å². The maximum Gasteiger partial charge on any atom is 0.243 e. The molecule has 0 aromatic heterocycles. The van der Waals surface area contributed by atoms with Gasteiger partial charge in [0.1, 0.15) is 5.75 Å². The van der Waals surface area contributed by atoms with Crippen molar-refractivity contribution in [2.75, 3.05) is 32.9 Å². The first-order valence-electron chi connectivity index (χ1n) is 9.10. The third-order valence-electron chi connectivity index (χ3n) is 5.62. The summed E-state index contributed by atoms with van der Waals surface area (Å²) >= 11 is 0. The molecule has 0 N–H and O–H groups in total. The van der Waals surface area contributed by atoms with E-state index in [1.54, 1.807) is 23.1 Å². The average Bonchev–Trinajstić information content (AvgIpc) is 3.27. The SMILES string of the molecule is O=C1CC(CF)CN1C1CCN(S(=O)(=O)c2ccc3c(c2)CCO3)CC1. The van der Waals surface area contributed by atoms with Crippen molar-refractivity contribution in [3.8, 4) is 5.75 Å². The number of fused-ring (bicyclic) bond motifs is 1. The Balaban J connectivity index is 1.43. The van der Waals surface area contributed by atoms with Crippen LogP contribution in [0.5, 0.6) is 5.75 Å². The minimum Gasteiger partial charge on any atom is -0.493 e. The number of alkyl halides is 1. The maximum atomic E-state index is 12.9. The summed E-state index contributed by atoms with van der Waals surface area (Å²) in [6, 6.07) is 5.04. The molecule has 4 rings (SSSR count). The number of carbonyl (C=O) groups excluding carboxylic acids is 1. The second-order valence-corrected chi connectivity index (χ2v) is 9.21. The van der Waals surface area contributed by atoms with Gasteiger partial charge in [0.2, 0.25) is 15.9 Å². The minimum atomic E-state index is -3.55. The molecule has 142 valence electrons. The fourth-order valence-electron chi connectivity index (χ4n) is 4.13. The third kappa shape index (κ3) is 3.09. The number of halogens is 1. The lowest BCUT2D eigenvalue weighted by Crippen LogP contribution is -2.47. The van der Waals surface area contributed by atoms with E-state index in [1.807, 2.05) is 0 Å². The molecule has 0 spiro atoms. The van der Waals surface area contributed by atoms with E-state index >= 15 is 0 Å². The molecule has 1 atom stereocenters. The van der Waals surface area contributed by atoms with E-state index in [0.29, 0.717) is 44.0 Å². The molecule has 1 aromatic carbocycles. The monoisotopic (exact) mass is 382 g/mol. The number of amides is 1. The van der Waals surface area contributed by atoms with Gasteiger partial charge in [-0.15, -0.1) is 0 Å². The number of carbonyl (C=O) groups is 1. The summed E-state index contributed by atoms with van der Waals surface area (Å²) in [4.78, 5) is 14.1. The smallest absolute Gasteiger partial charge is 0.243 e. The van der Waals surface area contributed by atoms with Gasteiger partial charge in [0.25, 0.3) is 0 Å². The van der Waals surface area contributed by atoms with Crippen molar-refractivity contribution in [3.05, 3.63) is 23.8 Å². The van der Waals surface area contributed by atoms with Crippen molar-refractivity contribution in [2.24, 2.45) is 5.92 Å². The van der Waals surface area contributed by atoms with Crippen molar-refractivity contribution in [1.29, 1.82) is 0 Å². The quantitative estimate of drug-likeness (QED) is 0.793. The molecule has 1 amide bonds. The van der Waals surface area contributed by atoms with Crippen molar-refractivity contribution >= 4 is 15.9 Å². The Morgan fingerprint density at radius 1 is 1.23 bits per heavy atom. The Bertz CT molecular complexity index is 805. The molecule has 0 radical (unpaired) electrons. The first kappa shape index (κ1) is 17.7. The molecular weight excluding hydrogens is 359 g/mol. The minimum absolute atomic E-state index is 0.00687. The van der Waals surface area contributed by atoms with E-state index in [2.05, 4.69) is 0 Å². The Morgan fingerprint density at radius 3 is 2.69 bits per heavy atom. The number of hydrogen-bond acceptors (Lipinski definition) is 4. The van der Waals surface area contributed by atoms with Crippen molar-refractivity contribution in [2.45, 2.75) is 36.6 Å². The van der Waals surface area contributed by atoms with Crippen LogP contribution in [0, 0.1) is 5.92 Å². The highest BCUT2D eigenvalue weighted by Crippen LogP contribution is 2.31. The maximum absolute atomic E-state index is 12.9. The fraction of sp³-hybridized carbons (Fsp3) is 0.611. The molecule has 2 saturated heterocycles. The molecule has 1 unspecified atom stereocenters. The number of nitrogens with zero attached hydrogens (tertiary/aromatic N) is 2.